The van der Waals surface area contributed by atoms with Gasteiger partial charge in [-0.05, 0) is 42.2 Å². The molecule has 0 aromatic heterocycles. The molecule has 8 heteroatoms. The first kappa shape index (κ1) is 19.9. The maximum Gasteiger partial charge on any atom is 0.263 e. The normalized spacial score (nSPS) is 17.2. The quantitative estimate of drug-likeness (QED) is 0.686. The largest absolute Gasteiger partial charge is 0.508 e. The van der Waals surface area contributed by atoms with Gasteiger partial charge in [-0.25, -0.2) is 8.42 Å². The van der Waals surface area contributed by atoms with Crippen LogP contribution in [-0.4, -0.2) is 37.9 Å². The summed E-state index contributed by atoms with van der Waals surface area (Å²) in [6.07, 6.45) is 0.566. The standard InChI is InChI=1S/C20H23N3O4S/c1-13(2)18(20(25)21-11-10-14-6-5-7-15(24)12-14)22-19-16-8-3-4-9-17(16)28(26,27)23-19/h3-9,12-13,18,24H,10-11H2,1-2H3,(H,21,25)(H,22,23)/t18-/m0/s1. The molecule has 1 amide bonds. The van der Waals surface area contributed by atoms with Gasteiger partial charge in [0.05, 0.1) is 4.90 Å². The molecule has 0 saturated carbocycles. The van der Waals surface area contributed by atoms with E-state index in [0.29, 0.717) is 18.5 Å². The number of amides is 1. The molecule has 2 aromatic carbocycles. The summed E-state index contributed by atoms with van der Waals surface area (Å²) in [4.78, 5) is 17.3. The van der Waals surface area contributed by atoms with Gasteiger partial charge in [-0.3, -0.25) is 14.5 Å². The Bertz CT molecular complexity index is 1020. The number of phenols is 1. The first-order chi connectivity index (χ1) is 13.3. The highest BCUT2D eigenvalue weighted by Crippen LogP contribution is 2.23. The summed E-state index contributed by atoms with van der Waals surface area (Å²) in [5.74, 6) is -0.0170. The Hall–Kier alpha value is -2.87. The van der Waals surface area contributed by atoms with Crippen LogP contribution in [0.15, 0.2) is 58.4 Å². The van der Waals surface area contributed by atoms with Crippen molar-refractivity contribution in [2.75, 3.05) is 6.54 Å². The molecule has 2 aromatic rings. The monoisotopic (exact) mass is 401 g/mol. The fourth-order valence-corrected chi connectivity index (χ4v) is 4.26. The molecule has 0 bridgehead atoms. The van der Waals surface area contributed by atoms with Crippen LogP contribution in [0.5, 0.6) is 5.75 Å². The van der Waals surface area contributed by atoms with Gasteiger partial charge in [0.2, 0.25) is 5.91 Å². The number of hydrogen-bond donors (Lipinski definition) is 3. The molecule has 7 nitrogen and oxygen atoms in total. The number of sulfonamides is 1. The van der Waals surface area contributed by atoms with Crippen LogP contribution in [-0.2, 0) is 21.2 Å². The number of fused-ring (bicyclic) bond motifs is 1. The number of benzene rings is 2. The maximum atomic E-state index is 12.7. The zero-order valence-corrected chi connectivity index (χ0v) is 16.5. The number of hydrogen-bond acceptors (Lipinski definition) is 5. The molecule has 0 aliphatic carbocycles. The lowest BCUT2D eigenvalue weighted by Crippen LogP contribution is -2.39. The van der Waals surface area contributed by atoms with Crippen molar-refractivity contribution in [3.05, 3.63) is 59.7 Å². The van der Waals surface area contributed by atoms with E-state index in [1.165, 1.54) is 6.07 Å². The zero-order chi connectivity index (χ0) is 20.3. The molecule has 1 aliphatic rings. The topological polar surface area (TPSA) is 108 Å². The van der Waals surface area contributed by atoms with E-state index in [2.05, 4.69) is 15.0 Å². The van der Waals surface area contributed by atoms with Crippen LogP contribution < -0.4 is 10.0 Å². The molecule has 148 valence electrons. The fraction of sp³-hybridized carbons (Fsp3) is 0.300. The summed E-state index contributed by atoms with van der Waals surface area (Å²) >= 11 is 0. The van der Waals surface area contributed by atoms with E-state index in [4.69, 9.17) is 0 Å². The number of aromatic hydroxyl groups is 1. The highest BCUT2D eigenvalue weighted by Gasteiger charge is 2.32. The van der Waals surface area contributed by atoms with Crippen molar-refractivity contribution >= 4 is 21.8 Å². The SMILES string of the molecule is CC(C)[C@H](N=C1NS(=O)(=O)c2ccccc21)C(=O)NCCc1cccc(O)c1. The van der Waals surface area contributed by atoms with Crippen molar-refractivity contribution in [1.29, 1.82) is 0 Å². The average molecular weight is 401 g/mol. The van der Waals surface area contributed by atoms with E-state index in [0.717, 1.165) is 5.56 Å². The molecule has 3 N–H and O–H groups in total. The minimum atomic E-state index is -3.65. The highest BCUT2D eigenvalue weighted by molar-refractivity contribution is 7.90. The Morgan fingerprint density at radius 3 is 2.64 bits per heavy atom. The molecule has 1 heterocycles. The summed E-state index contributed by atoms with van der Waals surface area (Å²) in [5, 5.41) is 12.3. The number of carbonyl (C=O) groups is 1. The van der Waals surface area contributed by atoms with E-state index < -0.39 is 16.1 Å². The zero-order valence-electron chi connectivity index (χ0n) is 15.7. The van der Waals surface area contributed by atoms with Crippen molar-refractivity contribution in [3.63, 3.8) is 0 Å². The first-order valence-corrected chi connectivity index (χ1v) is 10.5. The number of nitrogens with one attached hydrogen (secondary N) is 2. The fourth-order valence-electron chi connectivity index (χ4n) is 3.03. The van der Waals surface area contributed by atoms with E-state index in [-0.39, 0.29) is 28.3 Å². The second-order valence-electron chi connectivity index (χ2n) is 6.98. The molecular weight excluding hydrogens is 378 g/mol. The van der Waals surface area contributed by atoms with Crippen molar-refractivity contribution in [1.82, 2.24) is 10.0 Å². The van der Waals surface area contributed by atoms with E-state index >= 15 is 0 Å². The lowest BCUT2D eigenvalue weighted by Gasteiger charge is -2.17. The molecule has 0 radical (unpaired) electrons. The number of phenolic OH excluding ortho intramolecular Hbond substituents is 1. The molecule has 0 spiro atoms. The van der Waals surface area contributed by atoms with Gasteiger partial charge >= 0.3 is 0 Å². The van der Waals surface area contributed by atoms with Crippen LogP contribution in [0.1, 0.15) is 25.0 Å². The van der Waals surface area contributed by atoms with Crippen molar-refractivity contribution in [3.8, 4) is 5.75 Å². The van der Waals surface area contributed by atoms with Gasteiger partial charge in [-0.1, -0.05) is 38.1 Å². The Balaban J connectivity index is 1.73. The molecule has 0 saturated heterocycles. The molecule has 3 rings (SSSR count). The van der Waals surface area contributed by atoms with Crippen molar-refractivity contribution in [2.45, 2.75) is 31.2 Å². The van der Waals surface area contributed by atoms with Crippen LogP contribution >= 0.6 is 0 Å². The number of amidine groups is 1. The van der Waals surface area contributed by atoms with Gasteiger partial charge in [0.15, 0.2) is 0 Å². The minimum absolute atomic E-state index is 0.120. The second-order valence-corrected chi connectivity index (χ2v) is 8.63. The lowest BCUT2D eigenvalue weighted by molar-refractivity contribution is -0.123. The van der Waals surface area contributed by atoms with E-state index in [1.807, 2.05) is 19.9 Å². The lowest BCUT2D eigenvalue weighted by atomic mass is 10.0. The van der Waals surface area contributed by atoms with Crippen LogP contribution in [0.3, 0.4) is 0 Å². The van der Waals surface area contributed by atoms with Crippen LogP contribution in [0.4, 0.5) is 0 Å². The van der Waals surface area contributed by atoms with E-state index in [1.54, 1.807) is 36.4 Å². The molecule has 1 atom stereocenters. The number of nitrogens with zero attached hydrogens (tertiary/aromatic N) is 1. The van der Waals surface area contributed by atoms with Crippen LogP contribution in [0, 0.1) is 5.92 Å². The van der Waals surface area contributed by atoms with Gasteiger partial charge in [-0.15, -0.1) is 0 Å². The molecular formula is C20H23N3O4S. The average Bonchev–Trinajstić information content (AvgIpc) is 2.90. The van der Waals surface area contributed by atoms with Gasteiger partial charge in [0.25, 0.3) is 10.0 Å². The Labute approximate surface area is 164 Å². The molecule has 0 fully saturated rings. The van der Waals surface area contributed by atoms with Gasteiger partial charge in [0.1, 0.15) is 17.6 Å². The Morgan fingerprint density at radius 1 is 1.18 bits per heavy atom. The smallest absolute Gasteiger partial charge is 0.263 e. The summed E-state index contributed by atoms with van der Waals surface area (Å²) in [7, 11) is -3.65. The van der Waals surface area contributed by atoms with Gasteiger partial charge in [0, 0.05) is 12.1 Å². The third-order valence-corrected chi connectivity index (χ3v) is 5.85. The van der Waals surface area contributed by atoms with Crippen LogP contribution in [0.25, 0.3) is 0 Å². The first-order valence-electron chi connectivity index (χ1n) is 9.03. The summed E-state index contributed by atoms with van der Waals surface area (Å²) < 4.78 is 26.9. The Morgan fingerprint density at radius 2 is 1.93 bits per heavy atom. The molecule has 28 heavy (non-hydrogen) atoms. The van der Waals surface area contributed by atoms with Crippen LogP contribution in [0.2, 0.25) is 0 Å². The minimum Gasteiger partial charge on any atom is -0.508 e. The number of rotatable bonds is 6. The Kier molecular flexibility index (Phi) is 5.69. The summed E-state index contributed by atoms with van der Waals surface area (Å²) in [6.45, 7) is 4.11. The molecule has 0 unspecified atom stereocenters. The number of aliphatic imine (C=N–C) groups is 1. The second kappa shape index (κ2) is 8.02. The van der Waals surface area contributed by atoms with Crippen molar-refractivity contribution in [2.24, 2.45) is 10.9 Å². The third-order valence-electron chi connectivity index (χ3n) is 4.45. The highest BCUT2D eigenvalue weighted by atomic mass is 32.2. The van der Waals surface area contributed by atoms with Crippen molar-refractivity contribution < 1.29 is 18.3 Å². The predicted octanol–water partition coefficient (Wildman–Crippen LogP) is 1.81. The molecule has 1 aliphatic heterocycles. The number of carbonyl (C=O) groups excluding carboxylic acids is 1. The predicted molar refractivity (Wildman–Crippen MR) is 107 cm³/mol. The van der Waals surface area contributed by atoms with Gasteiger partial charge < -0.3 is 10.4 Å². The van der Waals surface area contributed by atoms with Gasteiger partial charge in [-0.2, -0.15) is 0 Å². The maximum absolute atomic E-state index is 12.7. The summed E-state index contributed by atoms with van der Waals surface area (Å²) in [6, 6.07) is 12.7. The third kappa shape index (κ3) is 4.33. The van der Waals surface area contributed by atoms with E-state index in [9.17, 15) is 18.3 Å². The summed E-state index contributed by atoms with van der Waals surface area (Å²) in [5.41, 5.74) is 1.38.